The van der Waals surface area contributed by atoms with E-state index in [9.17, 15) is 18.8 Å². The number of rotatable bonds is 6. The van der Waals surface area contributed by atoms with E-state index in [-0.39, 0.29) is 34.1 Å². The summed E-state index contributed by atoms with van der Waals surface area (Å²) in [4.78, 5) is 22.1. The summed E-state index contributed by atoms with van der Waals surface area (Å²) >= 11 is 0. The van der Waals surface area contributed by atoms with Crippen LogP contribution >= 0.6 is 0 Å². The van der Waals surface area contributed by atoms with Gasteiger partial charge in [-0.2, -0.15) is 5.26 Å². The molecule has 8 nitrogen and oxygen atoms in total. The number of anilines is 3. The van der Waals surface area contributed by atoms with E-state index in [0.29, 0.717) is 17.1 Å². The number of aryl methyl sites for hydroxylation is 1. The summed E-state index contributed by atoms with van der Waals surface area (Å²) in [6.45, 7) is 5.06. The second-order valence-corrected chi connectivity index (χ2v) is 6.92. The van der Waals surface area contributed by atoms with E-state index in [2.05, 4.69) is 32.2 Å². The van der Waals surface area contributed by atoms with Crippen molar-refractivity contribution in [2.24, 2.45) is 0 Å². The molecule has 0 radical (unpaired) electrons. The summed E-state index contributed by atoms with van der Waals surface area (Å²) in [7, 11) is 0. The van der Waals surface area contributed by atoms with Crippen molar-refractivity contribution in [2.75, 3.05) is 10.6 Å². The van der Waals surface area contributed by atoms with Crippen molar-refractivity contribution < 1.29 is 18.3 Å². The molecule has 0 aliphatic heterocycles. The summed E-state index contributed by atoms with van der Waals surface area (Å²) in [6, 6.07) is 10.9. The maximum absolute atomic E-state index is 14.9. The van der Waals surface area contributed by atoms with Gasteiger partial charge in [0, 0.05) is 28.5 Å². The molecule has 2 heterocycles. The number of aromatic nitrogens is 3. The summed E-state index contributed by atoms with van der Waals surface area (Å²) in [5.41, 5.74) is 1.60. The number of H-pyrrole nitrogens is 1. The first kappa shape index (κ1) is 21.5. The molecule has 0 atom stereocenters. The van der Waals surface area contributed by atoms with Crippen LogP contribution in [0.2, 0.25) is 0 Å². The number of ether oxygens (including phenoxy) is 1. The molecular weight excluding hydrogens is 430 g/mol. The van der Waals surface area contributed by atoms with Gasteiger partial charge in [-0.1, -0.05) is 6.58 Å². The van der Waals surface area contributed by atoms with Gasteiger partial charge in [-0.15, -0.1) is 0 Å². The van der Waals surface area contributed by atoms with Gasteiger partial charge in [-0.3, -0.25) is 4.79 Å². The van der Waals surface area contributed by atoms with Gasteiger partial charge < -0.3 is 20.4 Å². The minimum atomic E-state index is -0.787. The molecular formula is C23H16F2N6O2. The monoisotopic (exact) mass is 446 g/mol. The number of carbonyl (C=O) groups excluding carboxylic acids is 1. The average Bonchev–Trinajstić information content (AvgIpc) is 3.21. The van der Waals surface area contributed by atoms with Crippen molar-refractivity contribution in [2.45, 2.75) is 6.92 Å². The fourth-order valence-corrected chi connectivity index (χ4v) is 3.12. The Morgan fingerprint density at radius 2 is 1.94 bits per heavy atom. The van der Waals surface area contributed by atoms with Crippen LogP contribution in [0.25, 0.3) is 10.9 Å². The third-order valence-corrected chi connectivity index (χ3v) is 4.63. The Bertz CT molecular complexity index is 1420. The lowest BCUT2D eigenvalue weighted by Gasteiger charge is -2.12. The molecule has 0 aliphatic carbocycles. The van der Waals surface area contributed by atoms with Crippen molar-refractivity contribution in [3.8, 4) is 17.7 Å². The molecule has 4 rings (SSSR count). The first-order valence-electron chi connectivity index (χ1n) is 9.60. The highest BCUT2D eigenvalue weighted by molar-refractivity contribution is 5.99. The Morgan fingerprint density at radius 3 is 2.64 bits per heavy atom. The SMILES string of the molecule is C=CC(=O)Nc1ccc(Nc2ncnc(Oc3cc(F)c4[nH]c(C)cc4c3F)c2C#N)cc1. The Kier molecular flexibility index (Phi) is 5.69. The zero-order chi connectivity index (χ0) is 23.5. The van der Waals surface area contributed by atoms with Crippen LogP contribution in [0.1, 0.15) is 11.3 Å². The summed E-state index contributed by atoms with van der Waals surface area (Å²) in [5, 5.41) is 15.2. The highest BCUT2D eigenvalue weighted by Gasteiger charge is 2.20. The molecule has 0 spiro atoms. The number of benzene rings is 2. The van der Waals surface area contributed by atoms with Gasteiger partial charge in [-0.25, -0.2) is 18.7 Å². The van der Waals surface area contributed by atoms with Crippen molar-refractivity contribution in [1.82, 2.24) is 15.0 Å². The molecule has 0 saturated heterocycles. The van der Waals surface area contributed by atoms with Gasteiger partial charge in [0.2, 0.25) is 11.8 Å². The van der Waals surface area contributed by atoms with Crippen LogP contribution in [0.5, 0.6) is 11.6 Å². The van der Waals surface area contributed by atoms with E-state index in [4.69, 9.17) is 4.74 Å². The minimum Gasteiger partial charge on any atom is -0.434 e. The molecule has 0 saturated carbocycles. The van der Waals surface area contributed by atoms with Gasteiger partial charge in [0.05, 0.1) is 5.52 Å². The van der Waals surface area contributed by atoms with Crippen LogP contribution in [0.15, 0.2) is 55.4 Å². The molecule has 164 valence electrons. The first-order valence-corrected chi connectivity index (χ1v) is 9.60. The van der Waals surface area contributed by atoms with Crippen molar-refractivity contribution in [3.05, 3.63) is 78.3 Å². The molecule has 33 heavy (non-hydrogen) atoms. The van der Waals surface area contributed by atoms with Gasteiger partial charge in [0.15, 0.2) is 28.8 Å². The number of aromatic amines is 1. The molecule has 3 N–H and O–H groups in total. The number of fused-ring (bicyclic) bond motifs is 1. The second kappa shape index (κ2) is 8.76. The fraction of sp³-hybridized carbons (Fsp3) is 0.0435. The van der Waals surface area contributed by atoms with E-state index < -0.39 is 17.4 Å². The van der Waals surface area contributed by atoms with Crippen molar-refractivity contribution in [3.63, 3.8) is 0 Å². The molecule has 2 aromatic carbocycles. The van der Waals surface area contributed by atoms with Crippen molar-refractivity contribution >= 4 is 34.0 Å². The number of nitriles is 1. The highest BCUT2D eigenvalue weighted by atomic mass is 19.1. The molecule has 1 amide bonds. The lowest BCUT2D eigenvalue weighted by molar-refractivity contribution is -0.111. The Balaban J connectivity index is 1.63. The van der Waals surface area contributed by atoms with E-state index in [0.717, 1.165) is 18.5 Å². The minimum absolute atomic E-state index is 0.0237. The van der Waals surface area contributed by atoms with Crippen LogP contribution in [0.3, 0.4) is 0 Å². The quantitative estimate of drug-likeness (QED) is 0.356. The van der Waals surface area contributed by atoms with Crippen LogP contribution in [0, 0.1) is 29.9 Å². The smallest absolute Gasteiger partial charge is 0.247 e. The Morgan fingerprint density at radius 1 is 1.21 bits per heavy atom. The number of nitrogens with zero attached hydrogens (tertiary/aromatic N) is 3. The normalized spacial score (nSPS) is 10.5. The molecule has 10 heteroatoms. The summed E-state index contributed by atoms with van der Waals surface area (Å²) in [5.74, 6) is -2.40. The predicted octanol–water partition coefficient (Wildman–Crippen LogP) is 5.08. The van der Waals surface area contributed by atoms with E-state index in [1.165, 1.54) is 6.07 Å². The fourth-order valence-electron chi connectivity index (χ4n) is 3.12. The first-order chi connectivity index (χ1) is 15.9. The zero-order valence-electron chi connectivity index (χ0n) is 17.2. The third-order valence-electron chi connectivity index (χ3n) is 4.63. The summed E-state index contributed by atoms with van der Waals surface area (Å²) in [6.07, 6.45) is 2.28. The molecule has 2 aromatic heterocycles. The number of hydrogen-bond donors (Lipinski definition) is 3. The number of amides is 1. The van der Waals surface area contributed by atoms with Gasteiger partial charge in [0.1, 0.15) is 12.4 Å². The Hall–Kier alpha value is -4.78. The molecule has 0 fully saturated rings. The van der Waals surface area contributed by atoms with Crippen LogP contribution < -0.4 is 15.4 Å². The summed E-state index contributed by atoms with van der Waals surface area (Å²) < 4.78 is 34.8. The van der Waals surface area contributed by atoms with E-state index in [1.54, 1.807) is 31.2 Å². The van der Waals surface area contributed by atoms with Crippen LogP contribution in [-0.4, -0.2) is 20.9 Å². The molecule has 4 aromatic rings. The highest BCUT2D eigenvalue weighted by Crippen LogP contribution is 2.34. The second-order valence-electron chi connectivity index (χ2n) is 6.92. The van der Waals surface area contributed by atoms with Gasteiger partial charge in [0.25, 0.3) is 0 Å². The number of nitrogens with one attached hydrogen (secondary N) is 3. The van der Waals surface area contributed by atoms with Crippen molar-refractivity contribution in [1.29, 1.82) is 5.26 Å². The lowest BCUT2D eigenvalue weighted by Crippen LogP contribution is -2.07. The lowest BCUT2D eigenvalue weighted by atomic mass is 10.2. The molecule has 0 bridgehead atoms. The molecule has 0 aliphatic rings. The zero-order valence-corrected chi connectivity index (χ0v) is 17.2. The van der Waals surface area contributed by atoms with Gasteiger partial charge >= 0.3 is 0 Å². The average molecular weight is 446 g/mol. The van der Waals surface area contributed by atoms with Crippen LogP contribution in [0.4, 0.5) is 26.0 Å². The number of hydrogen-bond acceptors (Lipinski definition) is 6. The van der Waals surface area contributed by atoms with Gasteiger partial charge in [-0.05, 0) is 43.3 Å². The standard InChI is InChI=1S/C23H16F2N6O2/c1-3-19(32)30-13-4-6-14(7-5-13)31-22-16(10-26)23(28-11-27-22)33-18-9-17(24)21-15(20(18)25)8-12(2)29-21/h3-9,11,29H,1H2,2H3,(H,30,32)(H,27,28,31). The Labute approximate surface area is 186 Å². The topological polar surface area (TPSA) is 116 Å². The number of carbonyl (C=O) groups is 1. The third kappa shape index (κ3) is 4.33. The maximum Gasteiger partial charge on any atom is 0.247 e. The predicted molar refractivity (Wildman–Crippen MR) is 118 cm³/mol. The van der Waals surface area contributed by atoms with E-state index >= 15 is 0 Å². The van der Waals surface area contributed by atoms with Crippen LogP contribution in [-0.2, 0) is 4.79 Å². The maximum atomic E-state index is 14.9. The largest absolute Gasteiger partial charge is 0.434 e. The number of halogens is 2. The molecule has 0 unspecified atom stereocenters. The van der Waals surface area contributed by atoms with E-state index in [1.807, 2.05) is 6.07 Å².